The van der Waals surface area contributed by atoms with E-state index in [1.807, 2.05) is 24.3 Å². The summed E-state index contributed by atoms with van der Waals surface area (Å²) in [4.78, 5) is 12.0. The highest BCUT2D eigenvalue weighted by Crippen LogP contribution is 2.11. The fourth-order valence-corrected chi connectivity index (χ4v) is 2.40. The number of benzene rings is 1. The van der Waals surface area contributed by atoms with Crippen LogP contribution in [0.1, 0.15) is 42.1 Å². The molecule has 1 unspecified atom stereocenters. The Morgan fingerprint density at radius 2 is 2.00 bits per heavy atom. The molecule has 0 heterocycles. The van der Waals surface area contributed by atoms with Gasteiger partial charge in [-0.3, -0.25) is 4.79 Å². The van der Waals surface area contributed by atoms with Gasteiger partial charge in [0.1, 0.15) is 0 Å². The highest BCUT2D eigenvalue weighted by atomic mass is 79.9. The van der Waals surface area contributed by atoms with Crippen LogP contribution in [0.4, 0.5) is 0 Å². The van der Waals surface area contributed by atoms with Gasteiger partial charge in [0, 0.05) is 24.0 Å². The summed E-state index contributed by atoms with van der Waals surface area (Å²) in [5.41, 5.74) is 1.84. The van der Waals surface area contributed by atoms with Crippen LogP contribution in [0.15, 0.2) is 24.3 Å². The third-order valence-electron chi connectivity index (χ3n) is 3.16. The third kappa shape index (κ3) is 5.74. The van der Waals surface area contributed by atoms with Gasteiger partial charge in [0.2, 0.25) is 0 Å². The summed E-state index contributed by atoms with van der Waals surface area (Å²) in [5.74, 6) is 0.320. The van der Waals surface area contributed by atoms with Crippen LogP contribution in [0.5, 0.6) is 0 Å². The number of hydrogen-bond donors (Lipinski definition) is 2. The molecule has 2 N–H and O–H groups in total. The molecule has 0 aliphatic rings. The van der Waals surface area contributed by atoms with E-state index in [0.717, 1.165) is 30.2 Å². The van der Waals surface area contributed by atoms with Crippen molar-refractivity contribution in [2.45, 2.75) is 31.5 Å². The first-order valence-corrected chi connectivity index (χ1v) is 7.87. The zero-order chi connectivity index (χ0) is 14.1. The molecule has 0 aliphatic carbocycles. The number of hydrogen-bond acceptors (Lipinski definition) is 2. The molecule has 3 nitrogen and oxygen atoms in total. The molecule has 0 aromatic heterocycles. The molecule has 1 amide bonds. The number of carbonyl (C=O) groups is 1. The van der Waals surface area contributed by atoms with Gasteiger partial charge in [-0.05, 0) is 36.5 Å². The zero-order valence-corrected chi connectivity index (χ0v) is 12.9. The van der Waals surface area contributed by atoms with Crippen LogP contribution in [0.2, 0.25) is 0 Å². The number of aliphatic hydroxyl groups is 1. The van der Waals surface area contributed by atoms with Crippen molar-refractivity contribution in [2.24, 2.45) is 5.92 Å². The Morgan fingerprint density at radius 1 is 1.32 bits per heavy atom. The maximum absolute atomic E-state index is 12.0. The van der Waals surface area contributed by atoms with Gasteiger partial charge in [0.25, 0.3) is 5.91 Å². The summed E-state index contributed by atoms with van der Waals surface area (Å²) in [6, 6.07) is 7.57. The third-order valence-corrected chi connectivity index (χ3v) is 3.80. The molecule has 19 heavy (non-hydrogen) atoms. The Kier molecular flexibility index (Phi) is 7.75. The Morgan fingerprint density at radius 3 is 2.53 bits per heavy atom. The standard InChI is InChI=1S/C15H22BrNO2/c1-2-3-13(8-9-18)11-17-15(19)14-6-4-12(10-16)5-7-14/h4-7,13,18H,2-3,8-11H2,1H3,(H,17,19). The van der Waals surface area contributed by atoms with E-state index in [4.69, 9.17) is 5.11 Å². The fraction of sp³-hybridized carbons (Fsp3) is 0.533. The minimum absolute atomic E-state index is 0.0415. The number of rotatable bonds is 8. The predicted octanol–water partition coefficient (Wildman–Crippen LogP) is 3.11. The second-order valence-corrected chi connectivity index (χ2v) is 5.27. The first-order valence-electron chi connectivity index (χ1n) is 6.75. The average Bonchev–Trinajstić information content (AvgIpc) is 2.45. The van der Waals surface area contributed by atoms with E-state index >= 15 is 0 Å². The van der Waals surface area contributed by atoms with Crippen LogP contribution in [0.25, 0.3) is 0 Å². The molecule has 106 valence electrons. The van der Waals surface area contributed by atoms with E-state index in [2.05, 4.69) is 28.2 Å². The number of nitrogens with one attached hydrogen (secondary N) is 1. The molecule has 0 bridgehead atoms. The number of aliphatic hydroxyl groups excluding tert-OH is 1. The molecular formula is C15H22BrNO2. The second-order valence-electron chi connectivity index (χ2n) is 4.71. The number of alkyl halides is 1. The molecule has 0 fully saturated rings. The fourth-order valence-electron chi connectivity index (χ4n) is 2.02. The minimum atomic E-state index is -0.0415. The van der Waals surface area contributed by atoms with Crippen molar-refractivity contribution >= 4 is 21.8 Å². The Hall–Kier alpha value is -0.870. The van der Waals surface area contributed by atoms with Crippen molar-refractivity contribution in [2.75, 3.05) is 13.2 Å². The van der Waals surface area contributed by atoms with Gasteiger partial charge in [-0.1, -0.05) is 41.4 Å². The van der Waals surface area contributed by atoms with Crippen molar-refractivity contribution in [3.8, 4) is 0 Å². The van der Waals surface area contributed by atoms with Crippen molar-refractivity contribution in [3.63, 3.8) is 0 Å². The normalized spacial score (nSPS) is 12.2. The van der Waals surface area contributed by atoms with Crippen molar-refractivity contribution in [1.29, 1.82) is 0 Å². The Balaban J connectivity index is 2.48. The summed E-state index contributed by atoms with van der Waals surface area (Å²) in [6.45, 7) is 2.93. The predicted molar refractivity (Wildman–Crippen MR) is 81.5 cm³/mol. The Bertz CT molecular complexity index is 372. The molecular weight excluding hydrogens is 306 g/mol. The molecule has 1 rings (SSSR count). The van der Waals surface area contributed by atoms with Gasteiger partial charge in [0.15, 0.2) is 0 Å². The first kappa shape index (κ1) is 16.2. The quantitative estimate of drug-likeness (QED) is 0.721. The summed E-state index contributed by atoms with van der Waals surface area (Å²) in [6.07, 6.45) is 2.85. The number of amides is 1. The summed E-state index contributed by atoms with van der Waals surface area (Å²) >= 11 is 3.38. The van der Waals surface area contributed by atoms with Crippen molar-refractivity contribution in [1.82, 2.24) is 5.32 Å². The van der Waals surface area contributed by atoms with E-state index in [-0.39, 0.29) is 12.5 Å². The SMILES string of the molecule is CCCC(CCO)CNC(=O)c1ccc(CBr)cc1. The van der Waals surface area contributed by atoms with E-state index in [0.29, 0.717) is 18.0 Å². The molecule has 0 saturated heterocycles. The lowest BCUT2D eigenvalue weighted by Gasteiger charge is -2.15. The van der Waals surface area contributed by atoms with Crippen LogP contribution < -0.4 is 5.32 Å². The van der Waals surface area contributed by atoms with Crippen LogP contribution in [-0.2, 0) is 5.33 Å². The minimum Gasteiger partial charge on any atom is -0.396 e. The largest absolute Gasteiger partial charge is 0.396 e. The van der Waals surface area contributed by atoms with E-state index < -0.39 is 0 Å². The van der Waals surface area contributed by atoms with Gasteiger partial charge >= 0.3 is 0 Å². The highest BCUT2D eigenvalue weighted by Gasteiger charge is 2.10. The molecule has 0 aliphatic heterocycles. The monoisotopic (exact) mass is 327 g/mol. The lowest BCUT2D eigenvalue weighted by Crippen LogP contribution is -2.29. The molecule has 0 saturated carbocycles. The smallest absolute Gasteiger partial charge is 0.251 e. The van der Waals surface area contributed by atoms with E-state index in [1.54, 1.807) is 0 Å². The number of carbonyl (C=O) groups excluding carboxylic acids is 1. The van der Waals surface area contributed by atoms with Crippen molar-refractivity contribution < 1.29 is 9.90 Å². The molecule has 1 atom stereocenters. The van der Waals surface area contributed by atoms with Gasteiger partial charge in [-0.15, -0.1) is 0 Å². The van der Waals surface area contributed by atoms with Crippen LogP contribution in [-0.4, -0.2) is 24.2 Å². The maximum Gasteiger partial charge on any atom is 0.251 e. The van der Waals surface area contributed by atoms with E-state index in [1.165, 1.54) is 0 Å². The molecule has 1 aromatic carbocycles. The molecule has 0 spiro atoms. The lowest BCUT2D eigenvalue weighted by atomic mass is 10.00. The summed E-state index contributed by atoms with van der Waals surface area (Å²) in [7, 11) is 0. The van der Waals surface area contributed by atoms with Crippen molar-refractivity contribution in [3.05, 3.63) is 35.4 Å². The van der Waals surface area contributed by atoms with Crippen LogP contribution in [0, 0.1) is 5.92 Å². The van der Waals surface area contributed by atoms with Gasteiger partial charge in [-0.25, -0.2) is 0 Å². The first-order chi connectivity index (χ1) is 9.21. The second kappa shape index (κ2) is 9.10. The molecule has 1 aromatic rings. The van der Waals surface area contributed by atoms with E-state index in [9.17, 15) is 4.79 Å². The topological polar surface area (TPSA) is 49.3 Å². The maximum atomic E-state index is 12.0. The summed E-state index contributed by atoms with van der Waals surface area (Å²) in [5, 5.41) is 12.7. The van der Waals surface area contributed by atoms with Gasteiger partial charge < -0.3 is 10.4 Å². The highest BCUT2D eigenvalue weighted by molar-refractivity contribution is 9.08. The zero-order valence-electron chi connectivity index (χ0n) is 11.4. The van der Waals surface area contributed by atoms with Crippen LogP contribution >= 0.6 is 15.9 Å². The molecule has 0 radical (unpaired) electrons. The van der Waals surface area contributed by atoms with Gasteiger partial charge in [-0.2, -0.15) is 0 Å². The van der Waals surface area contributed by atoms with Crippen LogP contribution in [0.3, 0.4) is 0 Å². The lowest BCUT2D eigenvalue weighted by molar-refractivity contribution is 0.0943. The summed E-state index contributed by atoms with van der Waals surface area (Å²) < 4.78 is 0. The average molecular weight is 328 g/mol. The number of halogens is 1. The Labute approximate surface area is 123 Å². The van der Waals surface area contributed by atoms with Gasteiger partial charge in [0.05, 0.1) is 0 Å². The molecule has 4 heteroatoms.